The van der Waals surface area contributed by atoms with Crippen LogP contribution in [0.15, 0.2) is 32.5 Å². The Labute approximate surface area is 216 Å². The van der Waals surface area contributed by atoms with Crippen LogP contribution in [0.4, 0.5) is 39.5 Å². The third kappa shape index (κ3) is 3.74. The van der Waals surface area contributed by atoms with Crippen LogP contribution in [0.25, 0.3) is 0 Å². The van der Waals surface area contributed by atoms with E-state index < -0.39 is 41.7 Å². The van der Waals surface area contributed by atoms with Gasteiger partial charge in [0.15, 0.2) is 11.2 Å². The number of amides is 1. The summed E-state index contributed by atoms with van der Waals surface area (Å²) in [6, 6.07) is 0. The van der Waals surface area contributed by atoms with Crippen LogP contribution in [0.2, 0.25) is 0 Å². The summed E-state index contributed by atoms with van der Waals surface area (Å²) in [6.07, 6.45) is -4.65. The van der Waals surface area contributed by atoms with Crippen molar-refractivity contribution in [2.75, 3.05) is 16.1 Å². The maximum Gasteiger partial charge on any atom is 0.453 e. The molecule has 1 amide bonds. The molecule has 2 atom stereocenters. The lowest BCUT2D eigenvalue weighted by Gasteiger charge is -2.32. The molecule has 2 unspecified atom stereocenters. The maximum absolute atomic E-state index is 13.7. The zero-order valence-electron chi connectivity index (χ0n) is 20.1. The van der Waals surface area contributed by atoms with E-state index in [1.807, 2.05) is 0 Å². The summed E-state index contributed by atoms with van der Waals surface area (Å²) in [7, 11) is 0. The highest BCUT2D eigenvalue weighted by atomic mass is 35.5. The molecule has 0 radical (unpaired) electrons. The first-order chi connectivity index (χ1) is 17.6. The van der Waals surface area contributed by atoms with E-state index in [0.29, 0.717) is 16.6 Å². The highest BCUT2D eigenvalue weighted by Gasteiger charge is 2.58. The van der Waals surface area contributed by atoms with Crippen LogP contribution in [-0.2, 0) is 10.2 Å². The topological polar surface area (TPSA) is 135 Å². The molecular formula is C22H20ClF5N8O2. The van der Waals surface area contributed by atoms with Gasteiger partial charge in [-0.15, -0.1) is 0 Å². The summed E-state index contributed by atoms with van der Waals surface area (Å²) in [5, 5.41) is 12.2. The van der Waals surface area contributed by atoms with Crippen LogP contribution in [0, 0.1) is 12.3 Å². The van der Waals surface area contributed by atoms with Crippen LogP contribution in [0.1, 0.15) is 50.4 Å². The van der Waals surface area contributed by atoms with Gasteiger partial charge < -0.3 is 15.6 Å². The quantitative estimate of drug-likeness (QED) is 0.509. The van der Waals surface area contributed by atoms with Crippen LogP contribution < -0.4 is 16.1 Å². The predicted octanol–water partition coefficient (Wildman–Crippen LogP) is 4.58. The zero-order valence-corrected chi connectivity index (χ0v) is 20.9. The number of halogens is 6. The Morgan fingerprint density at radius 2 is 1.89 bits per heavy atom. The number of aryl methyl sites for hydroxylation is 1. The number of nitrogens with one attached hydrogen (secondary N) is 1. The molecule has 0 spiro atoms. The van der Waals surface area contributed by atoms with Gasteiger partial charge in [-0.1, -0.05) is 16.8 Å². The van der Waals surface area contributed by atoms with Crippen molar-refractivity contribution in [3.63, 3.8) is 0 Å². The molecule has 10 nitrogen and oxygen atoms in total. The normalized spacial score (nSPS) is 25.0. The molecule has 3 aliphatic rings. The molecule has 0 saturated heterocycles. The van der Waals surface area contributed by atoms with Gasteiger partial charge in [0.1, 0.15) is 11.6 Å². The number of nitrogens with two attached hydrogens (primary N) is 1. The van der Waals surface area contributed by atoms with E-state index in [0.717, 1.165) is 0 Å². The van der Waals surface area contributed by atoms with Gasteiger partial charge in [0.2, 0.25) is 11.8 Å². The molecule has 4 heterocycles. The van der Waals surface area contributed by atoms with Gasteiger partial charge in [0.25, 0.3) is 5.95 Å². The van der Waals surface area contributed by atoms with Gasteiger partial charge in [-0.05, 0) is 45.8 Å². The first-order valence-electron chi connectivity index (χ1n) is 11.3. The van der Waals surface area contributed by atoms with Crippen LogP contribution in [-0.4, -0.2) is 43.8 Å². The average molecular weight is 559 g/mol. The Hall–Kier alpha value is -3.62. The first-order valence-corrected chi connectivity index (χ1v) is 11.7. The van der Waals surface area contributed by atoms with Crippen molar-refractivity contribution in [2.45, 2.75) is 57.5 Å². The molecular weight excluding hydrogens is 539 g/mol. The van der Waals surface area contributed by atoms with Gasteiger partial charge in [0, 0.05) is 11.5 Å². The second-order valence-electron chi connectivity index (χ2n) is 9.59. The van der Waals surface area contributed by atoms with Crippen LogP contribution in [0.3, 0.4) is 0 Å². The van der Waals surface area contributed by atoms with Crippen LogP contribution in [0.5, 0.6) is 0 Å². The second kappa shape index (κ2) is 8.19. The van der Waals surface area contributed by atoms with E-state index in [2.05, 4.69) is 30.5 Å². The van der Waals surface area contributed by atoms with Crippen molar-refractivity contribution in [1.29, 1.82) is 0 Å². The lowest BCUT2D eigenvalue weighted by molar-refractivity contribution is -0.283. The Kier molecular flexibility index (Phi) is 5.60. The molecule has 0 fully saturated rings. The highest BCUT2D eigenvalue weighted by molar-refractivity contribution is 6.30. The van der Waals surface area contributed by atoms with Crippen molar-refractivity contribution in [3.05, 3.63) is 40.2 Å². The fourth-order valence-corrected chi connectivity index (χ4v) is 5.10. The Morgan fingerprint density at radius 3 is 2.53 bits per heavy atom. The van der Waals surface area contributed by atoms with E-state index in [1.165, 1.54) is 11.9 Å². The van der Waals surface area contributed by atoms with Crippen molar-refractivity contribution in [1.82, 2.24) is 20.1 Å². The monoisotopic (exact) mass is 558 g/mol. The minimum Gasteiger partial charge on any atom is -0.383 e. The largest absolute Gasteiger partial charge is 0.453 e. The summed E-state index contributed by atoms with van der Waals surface area (Å²) in [5.41, 5.74) is 4.28. The van der Waals surface area contributed by atoms with E-state index >= 15 is 0 Å². The summed E-state index contributed by atoms with van der Waals surface area (Å²) in [4.78, 5) is 25.8. The standard InChI is InChI=1S/C22H20ClF5N8O2/c1-9-30-17(38-35-9)20(3)13-14(29)31-18(33-15(13)32-16(20)37)36-12-5-4-10(23)8-19(12,2)11(34-36)6-7-21(24,25)22(26,27)28/h4-5H,6-8H2,1-3H3,(H3,29,31,32,33,37). The molecule has 2 aromatic rings. The molecule has 38 heavy (non-hydrogen) atoms. The number of nitrogen functional groups attached to an aromatic ring is 1. The number of rotatable bonds is 5. The highest BCUT2D eigenvalue weighted by Crippen LogP contribution is 2.51. The third-order valence-corrected chi connectivity index (χ3v) is 7.20. The first kappa shape index (κ1) is 26.0. The van der Waals surface area contributed by atoms with Gasteiger partial charge in [-0.25, -0.2) is 5.01 Å². The third-order valence-electron chi connectivity index (χ3n) is 6.94. The lowest BCUT2D eigenvalue weighted by Crippen LogP contribution is -2.38. The molecule has 2 aliphatic heterocycles. The molecule has 1 aliphatic carbocycles. The maximum atomic E-state index is 13.7. The molecule has 2 aromatic heterocycles. The van der Waals surface area contributed by atoms with Crippen molar-refractivity contribution < 1.29 is 31.3 Å². The van der Waals surface area contributed by atoms with Gasteiger partial charge >= 0.3 is 12.1 Å². The molecule has 202 valence electrons. The number of hydrazone groups is 1. The number of fused-ring (bicyclic) bond motifs is 2. The Balaban J connectivity index is 1.56. The minimum atomic E-state index is -5.70. The molecule has 0 aromatic carbocycles. The van der Waals surface area contributed by atoms with Crippen LogP contribution >= 0.6 is 11.6 Å². The Morgan fingerprint density at radius 1 is 1.18 bits per heavy atom. The number of hydrogen-bond acceptors (Lipinski definition) is 9. The van der Waals surface area contributed by atoms with E-state index in [9.17, 15) is 26.7 Å². The number of hydrogen-bond donors (Lipinski definition) is 2. The molecule has 0 bridgehead atoms. The summed E-state index contributed by atoms with van der Waals surface area (Å²) in [5.74, 6) is -5.41. The number of carbonyl (C=O) groups excluding carboxylic acids is 1. The van der Waals surface area contributed by atoms with Crippen molar-refractivity contribution in [3.8, 4) is 0 Å². The number of allylic oxidation sites excluding steroid dienone is 4. The number of carbonyl (C=O) groups is 1. The summed E-state index contributed by atoms with van der Waals surface area (Å²) in [6.45, 7) is 4.73. The zero-order chi connectivity index (χ0) is 27.8. The summed E-state index contributed by atoms with van der Waals surface area (Å²) >= 11 is 6.20. The molecule has 3 N–H and O–H groups in total. The fourth-order valence-electron chi connectivity index (χ4n) is 4.77. The van der Waals surface area contributed by atoms with Gasteiger partial charge in [-0.3, -0.25) is 4.79 Å². The molecule has 5 rings (SSSR count). The average Bonchev–Trinajstić information content (AvgIpc) is 3.44. The van der Waals surface area contributed by atoms with E-state index in [-0.39, 0.29) is 41.2 Å². The van der Waals surface area contributed by atoms with Gasteiger partial charge in [-0.2, -0.15) is 42.0 Å². The number of anilines is 3. The molecule has 0 saturated carbocycles. The SMILES string of the molecule is Cc1noc(C2(C)C(=O)Nc3nc(N4N=C(CCC(F)(F)C(F)(F)F)C5(C)CC(Cl)=CC=C45)nc(N)c32)n1. The number of alkyl halides is 5. The van der Waals surface area contributed by atoms with Gasteiger partial charge in [0.05, 0.1) is 22.4 Å². The molecule has 16 heteroatoms. The summed E-state index contributed by atoms with van der Waals surface area (Å²) < 4.78 is 71.1. The van der Waals surface area contributed by atoms with Crippen molar-refractivity contribution in [2.24, 2.45) is 10.5 Å². The minimum absolute atomic E-state index is 0.0243. The predicted molar refractivity (Wildman–Crippen MR) is 125 cm³/mol. The smallest absolute Gasteiger partial charge is 0.383 e. The van der Waals surface area contributed by atoms with E-state index in [1.54, 1.807) is 26.0 Å². The van der Waals surface area contributed by atoms with E-state index in [4.69, 9.17) is 21.9 Å². The Bertz CT molecular complexity index is 1450. The second-order valence-corrected chi connectivity index (χ2v) is 10.1. The van der Waals surface area contributed by atoms with Crippen molar-refractivity contribution >= 4 is 40.8 Å². The lowest BCUT2D eigenvalue weighted by atomic mass is 9.75. The number of nitrogens with zero attached hydrogens (tertiary/aromatic N) is 6. The fraction of sp³-hybridized carbons (Fsp3) is 0.455. The number of aromatic nitrogens is 4.